The van der Waals surface area contributed by atoms with Crippen molar-refractivity contribution in [2.45, 2.75) is 24.4 Å². The minimum Gasteiger partial charge on any atom is -0.497 e. The van der Waals surface area contributed by atoms with E-state index in [2.05, 4.69) is 0 Å². The quantitative estimate of drug-likeness (QED) is 0.766. The van der Waals surface area contributed by atoms with E-state index in [4.69, 9.17) is 14.2 Å². The van der Waals surface area contributed by atoms with Crippen LogP contribution in [0.25, 0.3) is 0 Å². The maximum absolute atomic E-state index is 12.0. The van der Waals surface area contributed by atoms with E-state index in [9.17, 15) is 4.79 Å². The first-order chi connectivity index (χ1) is 8.66. The summed E-state index contributed by atoms with van der Waals surface area (Å²) in [6, 6.07) is 7.56. The number of rotatable bonds is 4. The van der Waals surface area contributed by atoms with Gasteiger partial charge in [-0.25, -0.2) is 0 Å². The zero-order valence-electron chi connectivity index (χ0n) is 10.9. The fraction of sp³-hybridized carbons (Fsp3) is 0.500. The molecule has 1 aliphatic carbocycles. The van der Waals surface area contributed by atoms with Crippen molar-refractivity contribution in [3.8, 4) is 5.75 Å². The van der Waals surface area contributed by atoms with Crippen molar-refractivity contribution in [2.24, 2.45) is 0 Å². The molecule has 0 amide bonds. The fourth-order valence-corrected chi connectivity index (χ4v) is 2.51. The highest BCUT2D eigenvalue weighted by Gasteiger charge is 2.52. The van der Waals surface area contributed by atoms with Gasteiger partial charge in [-0.1, -0.05) is 12.1 Å². The highest BCUT2D eigenvalue weighted by atomic mass is 16.5. The van der Waals surface area contributed by atoms with Gasteiger partial charge in [0, 0.05) is 7.11 Å². The zero-order valence-corrected chi connectivity index (χ0v) is 10.9. The summed E-state index contributed by atoms with van der Waals surface area (Å²) in [7, 11) is 4.71. The number of hydrogen-bond donors (Lipinski definition) is 0. The topological polar surface area (TPSA) is 44.8 Å². The van der Waals surface area contributed by atoms with Crippen LogP contribution >= 0.6 is 0 Å². The number of carbonyl (C=O) groups excluding carboxylic acids is 1. The number of ether oxygens (including phenoxy) is 3. The summed E-state index contributed by atoms with van der Waals surface area (Å²) in [5.74, 6) is 0.586. The molecule has 2 rings (SSSR count). The van der Waals surface area contributed by atoms with Crippen molar-refractivity contribution < 1.29 is 19.0 Å². The number of carbonyl (C=O) groups is 1. The summed E-state index contributed by atoms with van der Waals surface area (Å²) in [5, 5.41) is 0. The molecule has 0 heterocycles. The SMILES string of the molecule is COC(=O)C1(c2ccc(OC)cc2)CC(OC)C1. The Labute approximate surface area is 107 Å². The third-order valence-corrected chi connectivity index (χ3v) is 3.70. The van der Waals surface area contributed by atoms with Gasteiger partial charge in [0.05, 0.1) is 25.7 Å². The zero-order chi connectivity index (χ0) is 13.2. The maximum Gasteiger partial charge on any atom is 0.316 e. The normalized spacial score (nSPS) is 26.3. The van der Waals surface area contributed by atoms with Gasteiger partial charge < -0.3 is 14.2 Å². The van der Waals surface area contributed by atoms with Crippen LogP contribution in [0.4, 0.5) is 0 Å². The van der Waals surface area contributed by atoms with E-state index in [-0.39, 0.29) is 12.1 Å². The Bertz CT molecular complexity index is 418. The molecule has 1 aromatic rings. The predicted octanol–water partition coefficient (Wildman–Crippen LogP) is 1.91. The third kappa shape index (κ3) is 1.97. The molecule has 1 aliphatic rings. The van der Waals surface area contributed by atoms with E-state index in [0.29, 0.717) is 12.8 Å². The molecule has 4 heteroatoms. The standard InChI is InChI=1S/C14H18O4/c1-16-11-6-4-10(5-7-11)14(13(15)18-3)8-12(9-14)17-2/h4-7,12H,8-9H2,1-3H3. The van der Waals surface area contributed by atoms with Gasteiger partial charge in [-0.3, -0.25) is 4.79 Å². The molecular formula is C14H18O4. The van der Waals surface area contributed by atoms with Crippen LogP contribution in [0.15, 0.2) is 24.3 Å². The van der Waals surface area contributed by atoms with Crippen LogP contribution < -0.4 is 4.74 Å². The van der Waals surface area contributed by atoms with Gasteiger partial charge in [0.25, 0.3) is 0 Å². The van der Waals surface area contributed by atoms with E-state index in [1.54, 1.807) is 14.2 Å². The molecule has 0 aromatic heterocycles. The largest absolute Gasteiger partial charge is 0.497 e. The monoisotopic (exact) mass is 250 g/mol. The third-order valence-electron chi connectivity index (χ3n) is 3.70. The molecule has 0 aliphatic heterocycles. The van der Waals surface area contributed by atoms with Crippen LogP contribution in [0.5, 0.6) is 5.75 Å². The van der Waals surface area contributed by atoms with Crippen molar-refractivity contribution in [3.63, 3.8) is 0 Å². The molecule has 0 saturated heterocycles. The lowest BCUT2D eigenvalue weighted by Gasteiger charge is -2.44. The van der Waals surface area contributed by atoms with Crippen LogP contribution in [0, 0.1) is 0 Å². The molecule has 4 nitrogen and oxygen atoms in total. The lowest BCUT2D eigenvalue weighted by Crippen LogP contribution is -2.51. The number of hydrogen-bond acceptors (Lipinski definition) is 4. The average Bonchev–Trinajstić information content (AvgIpc) is 2.38. The van der Waals surface area contributed by atoms with E-state index >= 15 is 0 Å². The fourth-order valence-electron chi connectivity index (χ4n) is 2.51. The average molecular weight is 250 g/mol. The Morgan fingerprint density at radius 3 is 2.22 bits per heavy atom. The summed E-state index contributed by atoms with van der Waals surface area (Å²) in [6.07, 6.45) is 1.47. The van der Waals surface area contributed by atoms with Gasteiger partial charge in [0.2, 0.25) is 0 Å². The molecule has 18 heavy (non-hydrogen) atoms. The highest BCUT2D eigenvalue weighted by molar-refractivity contribution is 5.84. The Kier molecular flexibility index (Phi) is 3.57. The molecule has 0 radical (unpaired) electrons. The molecule has 0 N–H and O–H groups in total. The van der Waals surface area contributed by atoms with Crippen molar-refractivity contribution in [2.75, 3.05) is 21.3 Å². The highest BCUT2D eigenvalue weighted by Crippen LogP contribution is 2.46. The molecular weight excluding hydrogens is 232 g/mol. The van der Waals surface area contributed by atoms with Gasteiger partial charge in [0.15, 0.2) is 0 Å². The number of methoxy groups -OCH3 is 3. The molecule has 0 spiro atoms. The Balaban J connectivity index is 2.27. The van der Waals surface area contributed by atoms with Crippen LogP contribution in [0.1, 0.15) is 18.4 Å². The summed E-state index contributed by atoms with van der Waals surface area (Å²) in [4.78, 5) is 12.0. The molecule has 98 valence electrons. The lowest BCUT2D eigenvalue weighted by atomic mass is 9.62. The Hall–Kier alpha value is -1.55. The minimum absolute atomic E-state index is 0.131. The number of esters is 1. The van der Waals surface area contributed by atoms with Crippen molar-refractivity contribution in [3.05, 3.63) is 29.8 Å². The first kappa shape index (κ1) is 12.9. The summed E-state index contributed by atoms with van der Waals surface area (Å²) in [6.45, 7) is 0. The van der Waals surface area contributed by atoms with Crippen molar-refractivity contribution >= 4 is 5.97 Å². The van der Waals surface area contributed by atoms with Crippen LogP contribution in [0.3, 0.4) is 0 Å². The second kappa shape index (κ2) is 4.98. The second-order valence-corrected chi connectivity index (χ2v) is 4.57. The van der Waals surface area contributed by atoms with Crippen LogP contribution in [0.2, 0.25) is 0 Å². The first-order valence-electron chi connectivity index (χ1n) is 5.92. The van der Waals surface area contributed by atoms with Gasteiger partial charge >= 0.3 is 5.97 Å². The Morgan fingerprint density at radius 2 is 1.78 bits per heavy atom. The maximum atomic E-state index is 12.0. The van der Waals surface area contributed by atoms with E-state index in [1.165, 1.54) is 7.11 Å². The minimum atomic E-state index is -0.554. The summed E-state index contributed by atoms with van der Waals surface area (Å²) < 4.78 is 15.3. The van der Waals surface area contributed by atoms with Crippen LogP contribution in [-0.2, 0) is 19.7 Å². The second-order valence-electron chi connectivity index (χ2n) is 4.57. The van der Waals surface area contributed by atoms with Crippen molar-refractivity contribution in [1.82, 2.24) is 0 Å². The van der Waals surface area contributed by atoms with Crippen LogP contribution in [-0.4, -0.2) is 33.4 Å². The lowest BCUT2D eigenvalue weighted by molar-refractivity contribution is -0.158. The Morgan fingerprint density at radius 1 is 1.17 bits per heavy atom. The smallest absolute Gasteiger partial charge is 0.316 e. The van der Waals surface area contributed by atoms with Gasteiger partial charge in [-0.15, -0.1) is 0 Å². The van der Waals surface area contributed by atoms with Gasteiger partial charge in [-0.2, -0.15) is 0 Å². The predicted molar refractivity (Wildman–Crippen MR) is 66.7 cm³/mol. The summed E-state index contributed by atoms with van der Waals surface area (Å²) >= 11 is 0. The van der Waals surface area contributed by atoms with Crippen molar-refractivity contribution in [1.29, 1.82) is 0 Å². The molecule has 1 fully saturated rings. The molecule has 0 unspecified atom stereocenters. The van der Waals surface area contributed by atoms with E-state index < -0.39 is 5.41 Å². The van der Waals surface area contributed by atoms with Gasteiger partial charge in [0.1, 0.15) is 5.75 Å². The molecule has 0 atom stereocenters. The number of benzene rings is 1. The first-order valence-corrected chi connectivity index (χ1v) is 5.92. The van der Waals surface area contributed by atoms with E-state index in [1.807, 2.05) is 24.3 Å². The van der Waals surface area contributed by atoms with E-state index in [0.717, 1.165) is 11.3 Å². The summed E-state index contributed by atoms with van der Waals surface area (Å²) in [5.41, 5.74) is 0.408. The molecule has 1 aromatic carbocycles. The molecule has 1 saturated carbocycles. The van der Waals surface area contributed by atoms with Gasteiger partial charge in [-0.05, 0) is 30.5 Å². The molecule has 0 bridgehead atoms.